The van der Waals surface area contributed by atoms with Crippen molar-refractivity contribution < 1.29 is 9.15 Å². The van der Waals surface area contributed by atoms with E-state index in [0.717, 1.165) is 23.0 Å². The Morgan fingerprint density at radius 2 is 2.09 bits per heavy atom. The van der Waals surface area contributed by atoms with Crippen LogP contribution in [0.5, 0.6) is 5.75 Å². The van der Waals surface area contributed by atoms with E-state index in [9.17, 15) is 0 Å². The van der Waals surface area contributed by atoms with Crippen LogP contribution in [0.3, 0.4) is 0 Å². The molecule has 0 saturated carbocycles. The van der Waals surface area contributed by atoms with Crippen molar-refractivity contribution in [2.24, 2.45) is 0 Å². The topological polar surface area (TPSA) is 78.9 Å². The number of rotatable bonds is 6. The van der Waals surface area contributed by atoms with Gasteiger partial charge in [0.2, 0.25) is 11.8 Å². The largest absolute Gasteiger partial charge is 0.497 e. The molecule has 3 aromatic rings. The highest BCUT2D eigenvalue weighted by atomic mass is 32.2. The number of thioether (sulfide) groups is 1. The molecule has 0 saturated heterocycles. The summed E-state index contributed by atoms with van der Waals surface area (Å²) in [5, 5.41) is 16.8. The molecule has 3 rings (SSSR count). The predicted molar refractivity (Wildman–Crippen MR) is 81.1 cm³/mol. The summed E-state index contributed by atoms with van der Waals surface area (Å²) in [7, 11) is 1.64. The van der Waals surface area contributed by atoms with Crippen LogP contribution < -0.4 is 4.74 Å². The number of hydrogen-bond donors (Lipinski definition) is 0. The third kappa shape index (κ3) is 3.11. The SMILES string of the molecule is CCc1nnc(CSc2nncn2-c2cccc(OC)c2)o1. The molecular formula is C14H15N5O2S. The van der Waals surface area contributed by atoms with Gasteiger partial charge in [-0.15, -0.1) is 20.4 Å². The minimum Gasteiger partial charge on any atom is -0.497 e. The van der Waals surface area contributed by atoms with E-state index in [2.05, 4.69) is 20.4 Å². The summed E-state index contributed by atoms with van der Waals surface area (Å²) in [5.41, 5.74) is 0.937. The van der Waals surface area contributed by atoms with Crippen LogP contribution in [-0.2, 0) is 12.2 Å². The van der Waals surface area contributed by atoms with Crippen LogP contribution in [0, 0.1) is 0 Å². The number of nitrogens with zero attached hydrogens (tertiary/aromatic N) is 5. The average molecular weight is 317 g/mol. The lowest BCUT2D eigenvalue weighted by molar-refractivity contribution is 0.414. The summed E-state index contributed by atoms with van der Waals surface area (Å²) in [6, 6.07) is 7.71. The van der Waals surface area contributed by atoms with Gasteiger partial charge in [0, 0.05) is 12.5 Å². The fourth-order valence-electron chi connectivity index (χ4n) is 1.88. The minimum atomic E-state index is 0.551. The fraction of sp³-hybridized carbons (Fsp3) is 0.286. The number of hydrogen-bond acceptors (Lipinski definition) is 7. The van der Waals surface area contributed by atoms with Crippen molar-refractivity contribution in [3.05, 3.63) is 42.4 Å². The molecule has 0 atom stereocenters. The summed E-state index contributed by atoms with van der Waals surface area (Å²) >= 11 is 1.49. The van der Waals surface area contributed by atoms with Crippen molar-refractivity contribution in [1.82, 2.24) is 25.0 Å². The van der Waals surface area contributed by atoms with Gasteiger partial charge in [0.05, 0.1) is 18.6 Å². The van der Waals surface area contributed by atoms with Crippen molar-refractivity contribution in [2.75, 3.05) is 7.11 Å². The Bertz CT molecular complexity index is 755. The second-order valence-electron chi connectivity index (χ2n) is 4.42. The molecule has 1 aromatic carbocycles. The highest BCUT2D eigenvalue weighted by molar-refractivity contribution is 7.98. The van der Waals surface area contributed by atoms with E-state index in [1.54, 1.807) is 13.4 Å². The molecule has 114 valence electrons. The van der Waals surface area contributed by atoms with E-state index in [4.69, 9.17) is 9.15 Å². The van der Waals surface area contributed by atoms with Crippen molar-refractivity contribution in [3.63, 3.8) is 0 Å². The van der Waals surface area contributed by atoms with Gasteiger partial charge in [-0.2, -0.15) is 0 Å². The monoisotopic (exact) mass is 317 g/mol. The Kier molecular flexibility index (Phi) is 4.38. The van der Waals surface area contributed by atoms with E-state index < -0.39 is 0 Å². The minimum absolute atomic E-state index is 0.551. The average Bonchev–Trinajstić information content (AvgIpc) is 3.21. The van der Waals surface area contributed by atoms with Gasteiger partial charge in [-0.3, -0.25) is 4.57 Å². The van der Waals surface area contributed by atoms with E-state index in [1.165, 1.54) is 11.8 Å². The molecule has 0 unspecified atom stereocenters. The highest BCUT2D eigenvalue weighted by Gasteiger charge is 2.11. The number of methoxy groups -OCH3 is 1. The van der Waals surface area contributed by atoms with Crippen LogP contribution in [0.2, 0.25) is 0 Å². The molecule has 0 bridgehead atoms. The van der Waals surface area contributed by atoms with Crippen molar-refractivity contribution in [3.8, 4) is 11.4 Å². The molecule has 22 heavy (non-hydrogen) atoms. The molecule has 0 aliphatic rings. The Hall–Kier alpha value is -2.35. The highest BCUT2D eigenvalue weighted by Crippen LogP contribution is 2.24. The Balaban J connectivity index is 1.76. The third-order valence-electron chi connectivity index (χ3n) is 2.98. The van der Waals surface area contributed by atoms with Gasteiger partial charge in [-0.25, -0.2) is 0 Å². The van der Waals surface area contributed by atoms with Gasteiger partial charge in [0.1, 0.15) is 12.1 Å². The lowest BCUT2D eigenvalue weighted by Crippen LogP contribution is -1.96. The molecule has 0 spiro atoms. The van der Waals surface area contributed by atoms with Gasteiger partial charge in [0.15, 0.2) is 5.16 Å². The molecule has 0 fully saturated rings. The first kappa shape index (κ1) is 14.6. The van der Waals surface area contributed by atoms with Crippen molar-refractivity contribution >= 4 is 11.8 Å². The molecule has 0 N–H and O–H groups in total. The molecule has 0 amide bonds. The summed E-state index contributed by atoms with van der Waals surface area (Å²) in [4.78, 5) is 0. The molecular weight excluding hydrogens is 302 g/mol. The molecule has 0 aliphatic heterocycles. The zero-order valence-corrected chi connectivity index (χ0v) is 13.1. The first-order valence-corrected chi connectivity index (χ1v) is 7.77. The maximum absolute atomic E-state index is 5.49. The summed E-state index contributed by atoms with van der Waals surface area (Å²) < 4.78 is 12.6. The zero-order valence-electron chi connectivity index (χ0n) is 12.3. The standard InChI is InChI=1S/C14H15N5O2S/c1-3-12-16-17-13(21-12)8-22-14-18-15-9-19(14)10-5-4-6-11(7-10)20-2/h4-7,9H,3,8H2,1-2H3. The third-order valence-corrected chi connectivity index (χ3v) is 3.91. The molecule has 2 aromatic heterocycles. The molecule has 0 radical (unpaired) electrons. The van der Waals surface area contributed by atoms with Crippen LogP contribution in [0.1, 0.15) is 18.7 Å². The van der Waals surface area contributed by atoms with Crippen molar-refractivity contribution in [2.45, 2.75) is 24.3 Å². The van der Waals surface area contributed by atoms with Crippen LogP contribution in [-0.4, -0.2) is 32.1 Å². The Morgan fingerprint density at radius 3 is 2.86 bits per heavy atom. The maximum atomic E-state index is 5.49. The predicted octanol–water partition coefficient (Wildman–Crippen LogP) is 2.51. The lowest BCUT2D eigenvalue weighted by atomic mass is 10.3. The van der Waals surface area contributed by atoms with Crippen molar-refractivity contribution in [1.29, 1.82) is 0 Å². The van der Waals surface area contributed by atoms with Gasteiger partial charge in [-0.1, -0.05) is 24.8 Å². The number of benzene rings is 1. The van der Waals surface area contributed by atoms with Crippen LogP contribution >= 0.6 is 11.8 Å². The molecule has 2 heterocycles. The van der Waals surface area contributed by atoms with E-state index in [-0.39, 0.29) is 0 Å². The van der Waals surface area contributed by atoms with Gasteiger partial charge >= 0.3 is 0 Å². The lowest BCUT2D eigenvalue weighted by Gasteiger charge is -2.07. The van der Waals surface area contributed by atoms with Gasteiger partial charge < -0.3 is 9.15 Å². The number of aryl methyl sites for hydroxylation is 1. The first-order valence-electron chi connectivity index (χ1n) is 6.78. The fourth-order valence-corrected chi connectivity index (χ4v) is 2.64. The molecule has 7 nitrogen and oxygen atoms in total. The van der Waals surface area contributed by atoms with E-state index in [1.807, 2.05) is 35.8 Å². The Labute approximate surface area is 131 Å². The maximum Gasteiger partial charge on any atom is 0.226 e. The summed E-state index contributed by atoms with van der Waals surface area (Å²) in [6.45, 7) is 1.98. The van der Waals surface area contributed by atoms with E-state index >= 15 is 0 Å². The second-order valence-corrected chi connectivity index (χ2v) is 5.36. The normalized spacial score (nSPS) is 10.8. The molecule has 8 heteroatoms. The smallest absolute Gasteiger partial charge is 0.226 e. The van der Waals surface area contributed by atoms with Crippen LogP contribution in [0.4, 0.5) is 0 Å². The quantitative estimate of drug-likeness (QED) is 0.646. The Morgan fingerprint density at radius 1 is 1.23 bits per heavy atom. The second kappa shape index (κ2) is 6.61. The summed E-state index contributed by atoms with van der Waals surface area (Å²) in [5.74, 6) is 2.56. The van der Waals surface area contributed by atoms with E-state index in [0.29, 0.717) is 17.5 Å². The number of aromatic nitrogens is 5. The van der Waals surface area contributed by atoms with Gasteiger partial charge in [-0.05, 0) is 12.1 Å². The zero-order chi connectivity index (χ0) is 15.4. The summed E-state index contributed by atoms with van der Waals surface area (Å²) in [6.07, 6.45) is 2.40. The molecule has 0 aliphatic carbocycles. The van der Waals surface area contributed by atoms with Crippen LogP contribution in [0.25, 0.3) is 5.69 Å². The van der Waals surface area contributed by atoms with Crippen LogP contribution in [0.15, 0.2) is 40.2 Å². The first-order chi connectivity index (χ1) is 10.8. The number of ether oxygens (including phenoxy) is 1. The van der Waals surface area contributed by atoms with Gasteiger partial charge in [0.25, 0.3) is 0 Å².